The van der Waals surface area contributed by atoms with Crippen LogP contribution in [-0.4, -0.2) is 45.1 Å². The van der Waals surface area contributed by atoms with Crippen LogP contribution in [-0.2, 0) is 9.53 Å². The molecule has 2 amide bonds. The van der Waals surface area contributed by atoms with Gasteiger partial charge < -0.3 is 15.2 Å². The minimum absolute atomic E-state index is 0.302. The molecule has 0 saturated carbocycles. The molecule has 0 spiro atoms. The summed E-state index contributed by atoms with van der Waals surface area (Å²) in [6.07, 6.45) is 0. The number of ether oxygens (including phenoxy) is 1. The van der Waals surface area contributed by atoms with Crippen molar-refractivity contribution >= 4 is 39.8 Å². The maximum Gasteiger partial charge on any atom is 0.340 e. The number of anilines is 1. The standard InChI is InChI=1S/C15H20N4O4S2/c1-14(2,3)23-11(20)15(4,22)8-16-12(21)17-13-19-18-10(25-13)9-5-6-24-7-9/h5-7,22H,8H2,1-4H3,(H2,16,17,19,21). The Morgan fingerprint density at radius 1 is 1.28 bits per heavy atom. The molecule has 0 bridgehead atoms. The maximum atomic E-state index is 11.9. The number of nitrogens with zero attached hydrogens (tertiary/aromatic N) is 2. The number of hydrogen-bond donors (Lipinski definition) is 3. The zero-order valence-corrected chi connectivity index (χ0v) is 16.0. The highest BCUT2D eigenvalue weighted by Crippen LogP contribution is 2.27. The van der Waals surface area contributed by atoms with Crippen molar-refractivity contribution < 1.29 is 19.4 Å². The Morgan fingerprint density at radius 3 is 2.60 bits per heavy atom. The third-order valence-electron chi connectivity index (χ3n) is 2.85. The molecule has 2 aromatic rings. The molecule has 136 valence electrons. The Morgan fingerprint density at radius 2 is 2.00 bits per heavy atom. The summed E-state index contributed by atoms with van der Waals surface area (Å²) in [6.45, 7) is 6.07. The average Bonchev–Trinajstić information content (AvgIpc) is 3.14. The molecule has 0 fully saturated rings. The minimum atomic E-state index is -1.84. The molecule has 1 atom stereocenters. The smallest absolute Gasteiger partial charge is 0.340 e. The van der Waals surface area contributed by atoms with Crippen molar-refractivity contribution in [3.05, 3.63) is 16.8 Å². The van der Waals surface area contributed by atoms with Crippen molar-refractivity contribution in [2.24, 2.45) is 0 Å². The Labute approximate surface area is 153 Å². The highest BCUT2D eigenvalue weighted by molar-refractivity contribution is 7.19. The van der Waals surface area contributed by atoms with Crippen LogP contribution < -0.4 is 10.6 Å². The zero-order chi connectivity index (χ0) is 18.7. The van der Waals surface area contributed by atoms with Gasteiger partial charge in [0.05, 0.1) is 6.54 Å². The van der Waals surface area contributed by atoms with E-state index in [9.17, 15) is 14.7 Å². The summed E-state index contributed by atoms with van der Waals surface area (Å²) < 4.78 is 5.12. The number of urea groups is 1. The second kappa shape index (κ2) is 7.46. The molecule has 0 radical (unpaired) electrons. The number of aromatic nitrogens is 2. The number of amides is 2. The fourth-order valence-electron chi connectivity index (χ4n) is 1.63. The Hall–Kier alpha value is -2.04. The lowest BCUT2D eigenvalue weighted by molar-refractivity contribution is -0.174. The predicted molar refractivity (Wildman–Crippen MR) is 96.7 cm³/mol. The molecular weight excluding hydrogens is 364 g/mol. The highest BCUT2D eigenvalue weighted by atomic mass is 32.1. The van der Waals surface area contributed by atoms with Crippen LogP contribution in [0.3, 0.4) is 0 Å². The van der Waals surface area contributed by atoms with E-state index in [0.717, 1.165) is 5.56 Å². The van der Waals surface area contributed by atoms with Crippen LogP contribution in [0.1, 0.15) is 27.7 Å². The number of rotatable bonds is 5. The first-order chi connectivity index (χ1) is 11.6. The molecule has 1 unspecified atom stereocenters. The fourth-order valence-corrected chi connectivity index (χ4v) is 3.08. The van der Waals surface area contributed by atoms with Gasteiger partial charge in [0.1, 0.15) is 10.6 Å². The van der Waals surface area contributed by atoms with E-state index in [2.05, 4.69) is 20.8 Å². The van der Waals surface area contributed by atoms with Crippen LogP contribution in [0.2, 0.25) is 0 Å². The van der Waals surface area contributed by atoms with Gasteiger partial charge in [-0.1, -0.05) is 11.3 Å². The summed E-state index contributed by atoms with van der Waals surface area (Å²) >= 11 is 2.77. The normalized spacial score (nSPS) is 13.8. The van der Waals surface area contributed by atoms with E-state index in [-0.39, 0.29) is 6.54 Å². The lowest BCUT2D eigenvalue weighted by Gasteiger charge is -2.27. The predicted octanol–water partition coefficient (Wildman–Crippen LogP) is 2.48. The van der Waals surface area contributed by atoms with Crippen LogP contribution >= 0.6 is 22.7 Å². The lowest BCUT2D eigenvalue weighted by atomic mass is 10.1. The lowest BCUT2D eigenvalue weighted by Crippen LogP contribution is -2.50. The summed E-state index contributed by atoms with van der Waals surface area (Å²) in [5.74, 6) is -0.809. The second-order valence-electron chi connectivity index (χ2n) is 6.51. The summed E-state index contributed by atoms with van der Waals surface area (Å²) in [7, 11) is 0. The van der Waals surface area contributed by atoms with Gasteiger partial charge in [-0.25, -0.2) is 9.59 Å². The molecule has 25 heavy (non-hydrogen) atoms. The van der Waals surface area contributed by atoms with Gasteiger partial charge >= 0.3 is 12.0 Å². The number of aliphatic hydroxyl groups is 1. The monoisotopic (exact) mass is 384 g/mol. The Kier molecular flexibility index (Phi) is 5.76. The first kappa shape index (κ1) is 19.3. The van der Waals surface area contributed by atoms with E-state index in [4.69, 9.17) is 4.74 Å². The van der Waals surface area contributed by atoms with E-state index < -0.39 is 23.2 Å². The summed E-state index contributed by atoms with van der Waals surface area (Å²) in [5.41, 5.74) is -1.63. The number of nitrogens with one attached hydrogen (secondary N) is 2. The van der Waals surface area contributed by atoms with Gasteiger partial charge in [-0.15, -0.1) is 10.2 Å². The van der Waals surface area contributed by atoms with Gasteiger partial charge in [0.15, 0.2) is 5.60 Å². The summed E-state index contributed by atoms with van der Waals surface area (Å²) in [5, 5.41) is 27.8. The van der Waals surface area contributed by atoms with Crippen molar-refractivity contribution in [3.8, 4) is 10.6 Å². The van der Waals surface area contributed by atoms with Gasteiger partial charge in [0, 0.05) is 10.9 Å². The molecule has 2 aromatic heterocycles. The third kappa shape index (κ3) is 5.76. The van der Waals surface area contributed by atoms with Crippen molar-refractivity contribution in [3.63, 3.8) is 0 Å². The first-order valence-electron chi connectivity index (χ1n) is 7.43. The van der Waals surface area contributed by atoms with E-state index in [1.54, 1.807) is 32.1 Å². The van der Waals surface area contributed by atoms with E-state index >= 15 is 0 Å². The molecule has 3 N–H and O–H groups in total. The van der Waals surface area contributed by atoms with Crippen LogP contribution in [0.15, 0.2) is 16.8 Å². The molecule has 0 aliphatic heterocycles. The maximum absolute atomic E-state index is 11.9. The van der Waals surface area contributed by atoms with Crippen molar-refractivity contribution in [2.75, 3.05) is 11.9 Å². The van der Waals surface area contributed by atoms with E-state index in [1.165, 1.54) is 18.3 Å². The Bertz CT molecular complexity index is 735. The molecule has 2 rings (SSSR count). The van der Waals surface area contributed by atoms with Crippen molar-refractivity contribution in [1.82, 2.24) is 15.5 Å². The molecule has 0 aliphatic carbocycles. The summed E-state index contributed by atoms with van der Waals surface area (Å²) in [4.78, 5) is 23.8. The molecule has 2 heterocycles. The number of carbonyl (C=O) groups excluding carboxylic acids is 2. The Balaban J connectivity index is 1.87. The first-order valence-corrected chi connectivity index (χ1v) is 9.19. The van der Waals surface area contributed by atoms with Gasteiger partial charge in [0.25, 0.3) is 0 Å². The van der Waals surface area contributed by atoms with Crippen molar-refractivity contribution in [2.45, 2.75) is 38.9 Å². The van der Waals surface area contributed by atoms with E-state index in [1.807, 2.05) is 16.8 Å². The molecule has 0 aromatic carbocycles. The number of hydrogen-bond acceptors (Lipinski definition) is 8. The van der Waals surface area contributed by atoms with Crippen LogP contribution in [0.4, 0.5) is 9.93 Å². The molecular formula is C15H20N4O4S2. The van der Waals surface area contributed by atoms with Crippen molar-refractivity contribution in [1.29, 1.82) is 0 Å². The summed E-state index contributed by atoms with van der Waals surface area (Å²) in [6, 6.07) is 1.31. The van der Waals surface area contributed by atoms with Gasteiger partial charge in [0.2, 0.25) is 5.13 Å². The minimum Gasteiger partial charge on any atom is -0.458 e. The van der Waals surface area contributed by atoms with Crippen LogP contribution in [0.25, 0.3) is 10.6 Å². The van der Waals surface area contributed by atoms with Crippen LogP contribution in [0, 0.1) is 0 Å². The van der Waals surface area contributed by atoms with E-state index in [0.29, 0.717) is 10.1 Å². The highest BCUT2D eigenvalue weighted by Gasteiger charge is 2.35. The van der Waals surface area contributed by atoms with Gasteiger partial charge in [-0.3, -0.25) is 5.32 Å². The molecule has 10 heteroatoms. The quantitative estimate of drug-likeness (QED) is 0.683. The molecule has 8 nitrogen and oxygen atoms in total. The van der Waals surface area contributed by atoms with Gasteiger partial charge in [-0.05, 0) is 39.1 Å². The van der Waals surface area contributed by atoms with Crippen LogP contribution in [0.5, 0.6) is 0 Å². The zero-order valence-electron chi connectivity index (χ0n) is 14.3. The average molecular weight is 384 g/mol. The number of esters is 1. The largest absolute Gasteiger partial charge is 0.458 e. The van der Waals surface area contributed by atoms with Gasteiger partial charge in [-0.2, -0.15) is 11.3 Å². The second-order valence-corrected chi connectivity index (χ2v) is 8.27. The SMILES string of the molecule is CC(C)(C)OC(=O)C(C)(O)CNC(=O)Nc1nnc(-c2ccsc2)s1. The fraction of sp³-hybridized carbons (Fsp3) is 0.467. The third-order valence-corrected chi connectivity index (χ3v) is 4.42. The number of carbonyl (C=O) groups is 2. The molecule has 0 aliphatic rings. The topological polar surface area (TPSA) is 113 Å². The number of thiophene rings is 1. The molecule has 0 saturated heterocycles.